The minimum atomic E-state index is -0.0555. The molecular formula is C12H16ClN3O. The SMILES string of the molecule is CCC1C(=O)NCCN1Cc1cccnc1Cl. The molecule has 1 aliphatic heterocycles. The van der Waals surface area contributed by atoms with Crippen LogP contribution in [0, 0.1) is 0 Å². The molecule has 0 aromatic carbocycles. The summed E-state index contributed by atoms with van der Waals surface area (Å²) in [6, 6.07) is 3.76. The smallest absolute Gasteiger partial charge is 0.237 e. The molecule has 1 N–H and O–H groups in total. The quantitative estimate of drug-likeness (QED) is 0.830. The predicted molar refractivity (Wildman–Crippen MR) is 66.7 cm³/mol. The third-order valence-corrected chi connectivity index (χ3v) is 3.38. The van der Waals surface area contributed by atoms with E-state index in [1.807, 2.05) is 19.1 Å². The van der Waals surface area contributed by atoms with E-state index in [0.717, 1.165) is 18.5 Å². The normalized spacial score (nSPS) is 21.3. The van der Waals surface area contributed by atoms with E-state index in [9.17, 15) is 4.79 Å². The minimum absolute atomic E-state index is 0.0555. The first kappa shape index (κ1) is 12.3. The van der Waals surface area contributed by atoms with E-state index < -0.39 is 0 Å². The highest BCUT2D eigenvalue weighted by atomic mass is 35.5. The van der Waals surface area contributed by atoms with Crippen LogP contribution in [0.15, 0.2) is 18.3 Å². The highest BCUT2D eigenvalue weighted by Crippen LogP contribution is 2.18. The summed E-state index contributed by atoms with van der Waals surface area (Å²) in [6.07, 6.45) is 2.48. The number of piperazine rings is 1. The summed E-state index contributed by atoms with van der Waals surface area (Å²) in [6.45, 7) is 4.26. The summed E-state index contributed by atoms with van der Waals surface area (Å²) < 4.78 is 0. The fraction of sp³-hybridized carbons (Fsp3) is 0.500. The van der Waals surface area contributed by atoms with Crippen LogP contribution in [-0.2, 0) is 11.3 Å². The number of nitrogens with one attached hydrogen (secondary N) is 1. The Morgan fingerprint density at radius 2 is 2.47 bits per heavy atom. The van der Waals surface area contributed by atoms with E-state index in [0.29, 0.717) is 18.2 Å². The van der Waals surface area contributed by atoms with Crippen LogP contribution in [0.5, 0.6) is 0 Å². The van der Waals surface area contributed by atoms with E-state index >= 15 is 0 Å². The molecule has 1 atom stereocenters. The summed E-state index contributed by atoms with van der Waals surface area (Å²) in [4.78, 5) is 17.9. The fourth-order valence-electron chi connectivity index (χ4n) is 2.15. The van der Waals surface area contributed by atoms with Gasteiger partial charge in [0, 0.05) is 31.4 Å². The molecule has 0 bridgehead atoms. The van der Waals surface area contributed by atoms with Crippen LogP contribution < -0.4 is 5.32 Å². The number of hydrogen-bond acceptors (Lipinski definition) is 3. The molecule has 0 saturated carbocycles. The van der Waals surface area contributed by atoms with Crippen molar-refractivity contribution >= 4 is 17.5 Å². The van der Waals surface area contributed by atoms with Crippen LogP contribution >= 0.6 is 11.6 Å². The fourth-order valence-corrected chi connectivity index (χ4v) is 2.33. The van der Waals surface area contributed by atoms with Crippen LogP contribution in [0.25, 0.3) is 0 Å². The monoisotopic (exact) mass is 253 g/mol. The molecule has 4 nitrogen and oxygen atoms in total. The van der Waals surface area contributed by atoms with E-state index in [4.69, 9.17) is 11.6 Å². The van der Waals surface area contributed by atoms with Gasteiger partial charge < -0.3 is 5.32 Å². The molecule has 1 amide bonds. The van der Waals surface area contributed by atoms with Crippen LogP contribution in [0.2, 0.25) is 5.15 Å². The summed E-state index contributed by atoms with van der Waals surface area (Å²) in [7, 11) is 0. The first-order chi connectivity index (χ1) is 8.22. The van der Waals surface area contributed by atoms with Gasteiger partial charge in [0.05, 0.1) is 6.04 Å². The molecule has 2 heterocycles. The summed E-state index contributed by atoms with van der Waals surface area (Å²) >= 11 is 6.03. The zero-order valence-electron chi connectivity index (χ0n) is 9.82. The van der Waals surface area contributed by atoms with Crippen LogP contribution in [0.3, 0.4) is 0 Å². The Kier molecular flexibility index (Phi) is 3.97. The molecule has 17 heavy (non-hydrogen) atoms. The van der Waals surface area contributed by atoms with Crippen molar-refractivity contribution in [1.82, 2.24) is 15.2 Å². The van der Waals surface area contributed by atoms with E-state index in [-0.39, 0.29) is 11.9 Å². The molecular weight excluding hydrogens is 238 g/mol. The first-order valence-electron chi connectivity index (χ1n) is 5.83. The number of carbonyl (C=O) groups excluding carboxylic acids is 1. The largest absolute Gasteiger partial charge is 0.353 e. The molecule has 2 rings (SSSR count). The van der Waals surface area contributed by atoms with Gasteiger partial charge in [0.2, 0.25) is 5.91 Å². The lowest BCUT2D eigenvalue weighted by Gasteiger charge is -2.34. The van der Waals surface area contributed by atoms with Crippen molar-refractivity contribution in [3.63, 3.8) is 0 Å². The third-order valence-electron chi connectivity index (χ3n) is 3.04. The number of nitrogens with zero attached hydrogens (tertiary/aromatic N) is 2. The number of halogens is 1. The van der Waals surface area contributed by atoms with Gasteiger partial charge in [-0.05, 0) is 12.5 Å². The van der Waals surface area contributed by atoms with Gasteiger partial charge >= 0.3 is 0 Å². The zero-order valence-corrected chi connectivity index (χ0v) is 10.6. The lowest BCUT2D eigenvalue weighted by molar-refractivity contribution is -0.129. The molecule has 1 aromatic rings. The van der Waals surface area contributed by atoms with Gasteiger partial charge in [-0.2, -0.15) is 0 Å². The van der Waals surface area contributed by atoms with Crippen molar-refractivity contribution in [3.05, 3.63) is 29.0 Å². The summed E-state index contributed by atoms with van der Waals surface area (Å²) in [5.41, 5.74) is 0.974. The number of carbonyl (C=O) groups is 1. The number of pyridine rings is 1. The standard InChI is InChI=1S/C12H16ClN3O/c1-2-10-12(17)15-6-7-16(10)8-9-4-3-5-14-11(9)13/h3-5,10H,2,6-8H2,1H3,(H,15,17). The van der Waals surface area contributed by atoms with Gasteiger partial charge in [0.15, 0.2) is 0 Å². The van der Waals surface area contributed by atoms with Crippen LogP contribution in [-0.4, -0.2) is 34.9 Å². The zero-order chi connectivity index (χ0) is 12.3. The first-order valence-corrected chi connectivity index (χ1v) is 6.21. The van der Waals surface area contributed by atoms with Crippen molar-refractivity contribution < 1.29 is 4.79 Å². The summed E-state index contributed by atoms with van der Waals surface area (Å²) in [5, 5.41) is 3.41. The Hall–Kier alpha value is -1.13. The van der Waals surface area contributed by atoms with Crippen molar-refractivity contribution in [2.75, 3.05) is 13.1 Å². The van der Waals surface area contributed by atoms with Crippen molar-refractivity contribution in [1.29, 1.82) is 0 Å². The number of hydrogen-bond donors (Lipinski definition) is 1. The lowest BCUT2D eigenvalue weighted by Crippen LogP contribution is -2.54. The van der Waals surface area contributed by atoms with E-state index in [2.05, 4.69) is 15.2 Å². The third kappa shape index (κ3) is 2.76. The van der Waals surface area contributed by atoms with Crippen molar-refractivity contribution in [3.8, 4) is 0 Å². The van der Waals surface area contributed by atoms with E-state index in [1.165, 1.54) is 0 Å². The summed E-state index contributed by atoms with van der Waals surface area (Å²) in [5.74, 6) is 0.110. The minimum Gasteiger partial charge on any atom is -0.353 e. The maximum Gasteiger partial charge on any atom is 0.237 e. The highest BCUT2D eigenvalue weighted by Gasteiger charge is 2.28. The average molecular weight is 254 g/mol. The Labute approximate surface area is 106 Å². The maximum absolute atomic E-state index is 11.7. The van der Waals surface area contributed by atoms with Crippen molar-refractivity contribution in [2.24, 2.45) is 0 Å². The molecule has 1 saturated heterocycles. The topological polar surface area (TPSA) is 45.2 Å². The second-order valence-electron chi connectivity index (χ2n) is 4.14. The second-order valence-corrected chi connectivity index (χ2v) is 4.50. The maximum atomic E-state index is 11.7. The molecule has 0 radical (unpaired) electrons. The molecule has 1 unspecified atom stereocenters. The molecule has 1 aromatic heterocycles. The van der Waals surface area contributed by atoms with Gasteiger partial charge in [-0.25, -0.2) is 4.98 Å². The van der Waals surface area contributed by atoms with Crippen LogP contribution in [0.1, 0.15) is 18.9 Å². The Bertz CT molecular complexity index is 410. The molecule has 1 aliphatic rings. The van der Waals surface area contributed by atoms with Crippen molar-refractivity contribution in [2.45, 2.75) is 25.9 Å². The second kappa shape index (κ2) is 5.47. The van der Waals surface area contributed by atoms with E-state index in [1.54, 1.807) is 6.20 Å². The van der Waals surface area contributed by atoms with Gasteiger partial charge in [-0.3, -0.25) is 9.69 Å². The molecule has 1 fully saturated rings. The highest BCUT2D eigenvalue weighted by molar-refractivity contribution is 6.30. The number of aromatic nitrogens is 1. The Morgan fingerprint density at radius 1 is 1.65 bits per heavy atom. The Balaban J connectivity index is 2.12. The molecule has 5 heteroatoms. The Morgan fingerprint density at radius 3 is 3.18 bits per heavy atom. The van der Waals surface area contributed by atoms with Gasteiger partial charge in [0.25, 0.3) is 0 Å². The number of amides is 1. The molecule has 92 valence electrons. The lowest BCUT2D eigenvalue weighted by atomic mass is 10.1. The molecule has 0 aliphatic carbocycles. The predicted octanol–water partition coefficient (Wildman–Crippen LogP) is 1.45. The van der Waals surface area contributed by atoms with Gasteiger partial charge in [0.1, 0.15) is 5.15 Å². The number of rotatable bonds is 3. The molecule has 0 spiro atoms. The van der Waals surface area contributed by atoms with Gasteiger partial charge in [-0.15, -0.1) is 0 Å². The van der Waals surface area contributed by atoms with Gasteiger partial charge in [-0.1, -0.05) is 24.6 Å². The van der Waals surface area contributed by atoms with Crippen LogP contribution in [0.4, 0.5) is 0 Å². The average Bonchev–Trinajstić information content (AvgIpc) is 2.32.